The Bertz CT molecular complexity index is 261. The third kappa shape index (κ3) is 4.66. The fraction of sp³-hybridized carbons (Fsp3) is 1.00. The van der Waals surface area contributed by atoms with E-state index >= 15 is 0 Å². The maximum Gasteiger partial charge on any atom is 0.389 e. The SMILES string of the molecule is COC1CCC(C2CCC(CC(F)(F)F)CC2)CC1. The largest absolute Gasteiger partial charge is 0.389 e. The van der Waals surface area contributed by atoms with Gasteiger partial charge in [-0.25, -0.2) is 0 Å². The first kappa shape index (κ1) is 15.1. The molecule has 0 aromatic carbocycles. The first-order chi connectivity index (χ1) is 8.98. The minimum Gasteiger partial charge on any atom is -0.381 e. The third-order valence-corrected chi connectivity index (χ3v) is 5.13. The van der Waals surface area contributed by atoms with Gasteiger partial charge in [0.25, 0.3) is 0 Å². The molecule has 19 heavy (non-hydrogen) atoms. The number of ether oxygens (including phenoxy) is 1. The second-order valence-electron chi connectivity index (χ2n) is 6.37. The molecule has 2 rings (SSSR count). The monoisotopic (exact) mass is 278 g/mol. The second kappa shape index (κ2) is 6.47. The van der Waals surface area contributed by atoms with Gasteiger partial charge in [-0.05, 0) is 69.1 Å². The van der Waals surface area contributed by atoms with E-state index in [0.29, 0.717) is 12.0 Å². The molecule has 0 N–H and O–H groups in total. The standard InChI is InChI=1S/C15H25F3O/c1-19-14-8-6-13(7-9-14)12-4-2-11(3-5-12)10-15(16,17)18/h11-14H,2-10H2,1H3. The summed E-state index contributed by atoms with van der Waals surface area (Å²) < 4.78 is 42.5. The molecule has 2 aliphatic rings. The van der Waals surface area contributed by atoms with Crippen LogP contribution in [0, 0.1) is 17.8 Å². The summed E-state index contributed by atoms with van der Waals surface area (Å²) in [4.78, 5) is 0. The molecular formula is C15H25F3O. The Morgan fingerprint density at radius 2 is 1.32 bits per heavy atom. The highest BCUT2D eigenvalue weighted by molar-refractivity contribution is 4.82. The molecule has 0 amide bonds. The fourth-order valence-electron chi connectivity index (χ4n) is 3.99. The van der Waals surface area contributed by atoms with Gasteiger partial charge in [-0.15, -0.1) is 0 Å². The number of hydrogen-bond acceptors (Lipinski definition) is 1. The second-order valence-corrected chi connectivity index (χ2v) is 6.37. The topological polar surface area (TPSA) is 9.23 Å². The molecule has 0 bridgehead atoms. The van der Waals surface area contributed by atoms with Gasteiger partial charge in [0.1, 0.15) is 0 Å². The molecule has 0 saturated heterocycles. The molecule has 0 aromatic rings. The summed E-state index contributed by atoms with van der Waals surface area (Å²) in [5.74, 6) is 1.28. The van der Waals surface area contributed by atoms with Crippen molar-refractivity contribution in [1.82, 2.24) is 0 Å². The number of rotatable bonds is 3. The minimum atomic E-state index is -3.98. The average Bonchev–Trinajstić information content (AvgIpc) is 2.38. The molecule has 112 valence electrons. The van der Waals surface area contributed by atoms with Crippen molar-refractivity contribution in [3.05, 3.63) is 0 Å². The predicted octanol–water partition coefficient (Wildman–Crippen LogP) is 4.95. The number of alkyl halides is 3. The van der Waals surface area contributed by atoms with Crippen LogP contribution in [0.25, 0.3) is 0 Å². The van der Waals surface area contributed by atoms with Crippen LogP contribution in [-0.2, 0) is 4.74 Å². The number of halogens is 3. The van der Waals surface area contributed by atoms with E-state index < -0.39 is 12.6 Å². The molecule has 0 unspecified atom stereocenters. The molecular weight excluding hydrogens is 253 g/mol. The maximum absolute atomic E-state index is 12.4. The van der Waals surface area contributed by atoms with Crippen LogP contribution in [0.15, 0.2) is 0 Å². The minimum absolute atomic E-state index is 0.119. The molecule has 0 aromatic heterocycles. The van der Waals surface area contributed by atoms with E-state index in [1.54, 1.807) is 7.11 Å². The van der Waals surface area contributed by atoms with E-state index in [1.807, 2.05) is 0 Å². The van der Waals surface area contributed by atoms with Crippen LogP contribution in [0.1, 0.15) is 57.8 Å². The van der Waals surface area contributed by atoms with Crippen molar-refractivity contribution in [1.29, 1.82) is 0 Å². The van der Waals surface area contributed by atoms with Crippen molar-refractivity contribution in [3.63, 3.8) is 0 Å². The Morgan fingerprint density at radius 1 is 0.842 bits per heavy atom. The van der Waals surface area contributed by atoms with E-state index in [1.165, 1.54) is 12.8 Å². The molecule has 2 fully saturated rings. The van der Waals surface area contributed by atoms with Crippen molar-refractivity contribution in [2.24, 2.45) is 17.8 Å². The highest BCUT2D eigenvalue weighted by atomic mass is 19.4. The lowest BCUT2D eigenvalue weighted by Crippen LogP contribution is -2.29. The quantitative estimate of drug-likeness (QED) is 0.709. The van der Waals surface area contributed by atoms with E-state index in [-0.39, 0.29) is 5.92 Å². The molecule has 2 saturated carbocycles. The van der Waals surface area contributed by atoms with E-state index in [2.05, 4.69) is 0 Å². The van der Waals surface area contributed by atoms with Crippen molar-refractivity contribution in [2.45, 2.75) is 70.1 Å². The van der Waals surface area contributed by atoms with Crippen LogP contribution in [0.4, 0.5) is 13.2 Å². The van der Waals surface area contributed by atoms with Gasteiger partial charge in [0, 0.05) is 13.5 Å². The third-order valence-electron chi connectivity index (χ3n) is 5.13. The molecule has 4 heteroatoms. The van der Waals surface area contributed by atoms with Gasteiger partial charge in [-0.2, -0.15) is 13.2 Å². The number of methoxy groups -OCH3 is 1. The van der Waals surface area contributed by atoms with Gasteiger partial charge in [-0.1, -0.05) is 0 Å². The Hall–Kier alpha value is -0.250. The average molecular weight is 278 g/mol. The summed E-state index contributed by atoms with van der Waals surface area (Å²) in [6.07, 6.45) is 4.07. The van der Waals surface area contributed by atoms with Crippen molar-refractivity contribution >= 4 is 0 Å². The summed E-state index contributed by atoms with van der Waals surface area (Å²) in [5.41, 5.74) is 0. The zero-order valence-corrected chi connectivity index (χ0v) is 11.7. The summed E-state index contributed by atoms with van der Waals surface area (Å²) >= 11 is 0. The highest BCUT2D eigenvalue weighted by Gasteiger charge is 2.36. The molecule has 0 radical (unpaired) electrons. The fourth-order valence-corrected chi connectivity index (χ4v) is 3.99. The zero-order chi connectivity index (χ0) is 13.9. The molecule has 2 aliphatic carbocycles. The van der Waals surface area contributed by atoms with Gasteiger partial charge in [0.05, 0.1) is 6.10 Å². The Balaban J connectivity index is 1.72. The van der Waals surface area contributed by atoms with Gasteiger partial charge in [0.15, 0.2) is 0 Å². The van der Waals surface area contributed by atoms with Crippen LogP contribution < -0.4 is 0 Å². The van der Waals surface area contributed by atoms with Crippen LogP contribution in [0.5, 0.6) is 0 Å². The molecule has 0 atom stereocenters. The molecule has 0 aliphatic heterocycles. The van der Waals surface area contributed by atoms with E-state index in [9.17, 15) is 13.2 Å². The van der Waals surface area contributed by atoms with Crippen LogP contribution in [-0.4, -0.2) is 19.4 Å². The maximum atomic E-state index is 12.4. The lowest BCUT2D eigenvalue weighted by atomic mass is 9.70. The zero-order valence-electron chi connectivity index (χ0n) is 11.7. The van der Waals surface area contributed by atoms with Crippen LogP contribution in [0.3, 0.4) is 0 Å². The van der Waals surface area contributed by atoms with Gasteiger partial charge in [0.2, 0.25) is 0 Å². The highest BCUT2D eigenvalue weighted by Crippen LogP contribution is 2.42. The molecule has 0 spiro atoms. The molecule has 0 heterocycles. The van der Waals surface area contributed by atoms with E-state index in [0.717, 1.165) is 44.4 Å². The Kier molecular flexibility index (Phi) is 5.15. The van der Waals surface area contributed by atoms with E-state index in [4.69, 9.17) is 4.74 Å². The first-order valence-corrected chi connectivity index (χ1v) is 7.57. The smallest absolute Gasteiger partial charge is 0.381 e. The van der Waals surface area contributed by atoms with Gasteiger partial charge < -0.3 is 4.74 Å². The normalized spacial score (nSPS) is 37.3. The van der Waals surface area contributed by atoms with Crippen molar-refractivity contribution in [3.8, 4) is 0 Å². The Labute approximate surface area is 113 Å². The lowest BCUT2D eigenvalue weighted by molar-refractivity contribution is -0.147. The summed E-state index contributed by atoms with van der Waals surface area (Å²) in [7, 11) is 1.77. The van der Waals surface area contributed by atoms with Crippen LogP contribution >= 0.6 is 0 Å². The predicted molar refractivity (Wildman–Crippen MR) is 68.9 cm³/mol. The Morgan fingerprint density at radius 3 is 1.74 bits per heavy atom. The van der Waals surface area contributed by atoms with Crippen molar-refractivity contribution in [2.75, 3.05) is 7.11 Å². The van der Waals surface area contributed by atoms with Gasteiger partial charge in [-0.3, -0.25) is 0 Å². The first-order valence-electron chi connectivity index (χ1n) is 7.57. The lowest BCUT2D eigenvalue weighted by Gasteiger charge is -2.37. The van der Waals surface area contributed by atoms with Crippen molar-refractivity contribution < 1.29 is 17.9 Å². The summed E-state index contributed by atoms with van der Waals surface area (Å²) in [6, 6.07) is 0. The van der Waals surface area contributed by atoms with Gasteiger partial charge >= 0.3 is 6.18 Å². The summed E-state index contributed by atoms with van der Waals surface area (Å²) in [6.45, 7) is 0. The number of hydrogen-bond donors (Lipinski definition) is 0. The summed E-state index contributed by atoms with van der Waals surface area (Å²) in [5, 5.41) is 0. The van der Waals surface area contributed by atoms with Crippen LogP contribution in [0.2, 0.25) is 0 Å². The molecule has 1 nitrogen and oxygen atoms in total.